The fourth-order valence-electron chi connectivity index (χ4n) is 4.66. The van der Waals surface area contributed by atoms with Gasteiger partial charge < -0.3 is 14.7 Å². The molecule has 3 aromatic carbocycles. The highest BCUT2D eigenvalue weighted by molar-refractivity contribution is 7.92. The SMILES string of the molecule is C[C@@H]1CN([C@H](C)CO)C(=O)Cc2cc(NS(=O)(=O)c3ccc(Cl)cc3)ccc2O[C@H]1CN(C)S(=O)(=O)c1ccccc1. The summed E-state index contributed by atoms with van der Waals surface area (Å²) < 4.78 is 62.6. The lowest BCUT2D eigenvalue weighted by atomic mass is 10.0. The Morgan fingerprint density at radius 3 is 2.36 bits per heavy atom. The molecule has 0 saturated carbocycles. The minimum Gasteiger partial charge on any atom is -0.488 e. The van der Waals surface area contributed by atoms with E-state index in [-0.39, 0.29) is 53.4 Å². The van der Waals surface area contributed by atoms with E-state index in [0.717, 1.165) is 0 Å². The Balaban J connectivity index is 1.68. The number of aliphatic hydroxyl groups is 1. The summed E-state index contributed by atoms with van der Waals surface area (Å²) in [6.07, 6.45) is -0.795. The van der Waals surface area contributed by atoms with Crippen molar-refractivity contribution in [2.75, 3.05) is 31.5 Å². The molecule has 0 radical (unpaired) electrons. The predicted octanol–water partition coefficient (Wildman–Crippen LogP) is 3.61. The summed E-state index contributed by atoms with van der Waals surface area (Å²) in [4.78, 5) is 15.2. The average Bonchev–Trinajstić information content (AvgIpc) is 3.00. The third kappa shape index (κ3) is 7.24. The van der Waals surface area contributed by atoms with E-state index in [1.165, 1.54) is 59.9 Å². The number of fused-ring (bicyclic) bond motifs is 1. The van der Waals surface area contributed by atoms with Crippen LogP contribution in [0.15, 0.2) is 82.6 Å². The molecule has 1 aliphatic rings. The summed E-state index contributed by atoms with van der Waals surface area (Å²) in [5.74, 6) is -0.277. The first-order chi connectivity index (χ1) is 19.8. The van der Waals surface area contributed by atoms with E-state index in [1.54, 1.807) is 36.1 Å². The molecule has 42 heavy (non-hydrogen) atoms. The predicted molar refractivity (Wildman–Crippen MR) is 161 cm³/mol. The van der Waals surface area contributed by atoms with E-state index in [2.05, 4.69) is 4.72 Å². The largest absolute Gasteiger partial charge is 0.488 e. The van der Waals surface area contributed by atoms with Gasteiger partial charge in [0, 0.05) is 35.8 Å². The number of carbonyl (C=O) groups excluding carboxylic acids is 1. The molecule has 0 unspecified atom stereocenters. The average molecular weight is 636 g/mol. The van der Waals surface area contributed by atoms with Crippen molar-refractivity contribution >= 4 is 43.2 Å². The molecule has 13 heteroatoms. The minimum atomic E-state index is -3.95. The van der Waals surface area contributed by atoms with Crippen LogP contribution in [0.5, 0.6) is 5.75 Å². The normalized spacial score (nSPS) is 18.8. The molecule has 1 heterocycles. The molecule has 0 spiro atoms. The summed E-state index contributed by atoms with van der Waals surface area (Å²) in [6.45, 7) is 3.52. The molecule has 2 N–H and O–H groups in total. The summed E-state index contributed by atoms with van der Waals surface area (Å²) in [7, 11) is -6.30. The van der Waals surface area contributed by atoms with Crippen LogP contribution in [-0.2, 0) is 31.3 Å². The maximum absolute atomic E-state index is 13.5. The summed E-state index contributed by atoms with van der Waals surface area (Å²) in [6, 6.07) is 17.9. The van der Waals surface area contributed by atoms with Crippen LogP contribution in [0.4, 0.5) is 5.69 Å². The van der Waals surface area contributed by atoms with Crippen molar-refractivity contribution in [1.29, 1.82) is 0 Å². The Hall–Kier alpha value is -3.16. The quantitative estimate of drug-likeness (QED) is 0.367. The molecule has 0 aliphatic carbocycles. The van der Waals surface area contributed by atoms with Gasteiger partial charge in [-0.05, 0) is 61.5 Å². The molecule has 0 saturated heterocycles. The number of halogens is 1. The van der Waals surface area contributed by atoms with E-state index in [0.29, 0.717) is 16.3 Å². The number of rotatable bonds is 9. The highest BCUT2D eigenvalue weighted by Crippen LogP contribution is 2.31. The number of carbonyl (C=O) groups is 1. The Kier molecular flexibility index (Phi) is 9.84. The van der Waals surface area contributed by atoms with Gasteiger partial charge in [0.05, 0.1) is 35.4 Å². The van der Waals surface area contributed by atoms with Gasteiger partial charge in [-0.3, -0.25) is 9.52 Å². The Morgan fingerprint density at radius 1 is 1.05 bits per heavy atom. The van der Waals surface area contributed by atoms with Crippen molar-refractivity contribution < 1.29 is 31.5 Å². The molecule has 0 fully saturated rings. The van der Waals surface area contributed by atoms with E-state index < -0.39 is 32.2 Å². The van der Waals surface area contributed by atoms with Gasteiger partial charge >= 0.3 is 0 Å². The number of ether oxygens (including phenoxy) is 1. The fourth-order valence-corrected chi connectivity index (χ4v) is 7.04. The second kappa shape index (κ2) is 13.0. The molecular formula is C29H34ClN3O7S2. The summed E-state index contributed by atoms with van der Waals surface area (Å²) >= 11 is 5.89. The number of likely N-dealkylation sites (N-methyl/N-ethyl adjacent to an activating group) is 1. The van der Waals surface area contributed by atoms with Gasteiger partial charge in [0.1, 0.15) is 11.9 Å². The second-order valence-electron chi connectivity index (χ2n) is 10.4. The van der Waals surface area contributed by atoms with Crippen LogP contribution in [0.3, 0.4) is 0 Å². The van der Waals surface area contributed by atoms with Crippen LogP contribution in [0, 0.1) is 5.92 Å². The van der Waals surface area contributed by atoms with Crippen LogP contribution >= 0.6 is 11.6 Å². The zero-order chi connectivity index (χ0) is 30.7. The van der Waals surface area contributed by atoms with Gasteiger partial charge in [0.2, 0.25) is 15.9 Å². The molecule has 10 nitrogen and oxygen atoms in total. The molecule has 3 aromatic rings. The number of benzene rings is 3. The molecule has 1 amide bonds. The zero-order valence-corrected chi connectivity index (χ0v) is 25.9. The number of anilines is 1. The lowest BCUT2D eigenvalue weighted by Crippen LogP contribution is -2.48. The number of hydrogen-bond acceptors (Lipinski definition) is 7. The number of nitrogens with one attached hydrogen (secondary N) is 1. The van der Waals surface area contributed by atoms with Crippen LogP contribution in [0.25, 0.3) is 0 Å². The first-order valence-corrected chi connectivity index (χ1v) is 16.6. The lowest BCUT2D eigenvalue weighted by molar-refractivity contribution is -0.134. The van der Waals surface area contributed by atoms with E-state index >= 15 is 0 Å². The van der Waals surface area contributed by atoms with Crippen LogP contribution in [-0.4, -0.2) is 75.9 Å². The van der Waals surface area contributed by atoms with Gasteiger partial charge in [-0.15, -0.1) is 0 Å². The maximum atomic E-state index is 13.5. The molecule has 1 aliphatic heterocycles. The second-order valence-corrected chi connectivity index (χ2v) is 14.5. The van der Waals surface area contributed by atoms with Crippen molar-refractivity contribution in [3.8, 4) is 5.75 Å². The fraction of sp³-hybridized carbons (Fsp3) is 0.345. The molecule has 3 atom stereocenters. The lowest BCUT2D eigenvalue weighted by Gasteiger charge is -2.33. The number of sulfonamides is 2. The summed E-state index contributed by atoms with van der Waals surface area (Å²) in [5, 5.41) is 10.3. The third-order valence-electron chi connectivity index (χ3n) is 7.18. The topological polar surface area (TPSA) is 133 Å². The highest BCUT2D eigenvalue weighted by Gasteiger charge is 2.33. The Bertz CT molecular complexity index is 1620. The zero-order valence-electron chi connectivity index (χ0n) is 23.5. The van der Waals surface area contributed by atoms with Crippen molar-refractivity contribution in [1.82, 2.24) is 9.21 Å². The number of aliphatic hydroxyl groups excluding tert-OH is 1. The summed E-state index contributed by atoms with van der Waals surface area (Å²) in [5.41, 5.74) is 0.633. The van der Waals surface area contributed by atoms with E-state index in [9.17, 15) is 26.7 Å². The van der Waals surface area contributed by atoms with Crippen molar-refractivity contribution in [3.05, 3.63) is 83.4 Å². The molecular weight excluding hydrogens is 602 g/mol. The minimum absolute atomic E-state index is 0.0156. The number of hydrogen-bond donors (Lipinski definition) is 2. The molecule has 0 aromatic heterocycles. The first-order valence-electron chi connectivity index (χ1n) is 13.3. The van der Waals surface area contributed by atoms with Crippen LogP contribution in [0.1, 0.15) is 19.4 Å². The van der Waals surface area contributed by atoms with Gasteiger partial charge in [-0.1, -0.05) is 36.7 Å². The smallest absolute Gasteiger partial charge is 0.261 e. The molecule has 226 valence electrons. The van der Waals surface area contributed by atoms with Gasteiger partial charge in [0.25, 0.3) is 10.0 Å². The van der Waals surface area contributed by atoms with Crippen molar-refractivity contribution in [3.63, 3.8) is 0 Å². The maximum Gasteiger partial charge on any atom is 0.261 e. The van der Waals surface area contributed by atoms with E-state index in [4.69, 9.17) is 16.3 Å². The first kappa shape index (κ1) is 31.8. The van der Waals surface area contributed by atoms with Crippen molar-refractivity contribution in [2.24, 2.45) is 5.92 Å². The third-order valence-corrected chi connectivity index (χ3v) is 10.7. The molecule has 0 bridgehead atoms. The Labute approximate surface area is 252 Å². The number of amides is 1. The van der Waals surface area contributed by atoms with Gasteiger partial charge in [-0.2, -0.15) is 4.31 Å². The number of nitrogens with zero attached hydrogens (tertiary/aromatic N) is 2. The highest BCUT2D eigenvalue weighted by atomic mass is 35.5. The molecule has 4 rings (SSSR count). The monoisotopic (exact) mass is 635 g/mol. The van der Waals surface area contributed by atoms with Gasteiger partial charge in [0.15, 0.2) is 0 Å². The van der Waals surface area contributed by atoms with E-state index in [1.807, 2.05) is 6.92 Å². The van der Waals surface area contributed by atoms with Crippen LogP contribution < -0.4 is 9.46 Å². The van der Waals surface area contributed by atoms with Gasteiger partial charge in [-0.25, -0.2) is 16.8 Å². The van der Waals surface area contributed by atoms with Crippen LogP contribution in [0.2, 0.25) is 5.02 Å². The standard InChI is InChI=1S/C29H34ClN3O7S2/c1-20-17-33(21(2)19-34)29(35)16-22-15-24(31-41(36,37)25-12-9-23(30)10-13-25)11-14-27(22)40-28(20)18-32(3)42(38,39)26-7-5-4-6-8-26/h4-15,20-21,28,31,34H,16-19H2,1-3H3/t20-,21-,28+/m1/s1. The Morgan fingerprint density at radius 2 is 1.71 bits per heavy atom. The van der Waals surface area contributed by atoms with Crippen molar-refractivity contribution in [2.45, 2.75) is 42.2 Å².